The van der Waals surface area contributed by atoms with Gasteiger partial charge in [0.1, 0.15) is 0 Å². The van der Waals surface area contributed by atoms with Crippen LogP contribution in [0.4, 0.5) is 5.69 Å². The van der Waals surface area contributed by atoms with Gasteiger partial charge in [-0.25, -0.2) is 16.8 Å². The zero-order valence-corrected chi connectivity index (χ0v) is 16.9. The second kappa shape index (κ2) is 8.08. The predicted octanol–water partition coefficient (Wildman–Crippen LogP) is 2.70. The molecule has 0 aromatic heterocycles. The van der Waals surface area contributed by atoms with E-state index >= 15 is 0 Å². The van der Waals surface area contributed by atoms with Gasteiger partial charge >= 0.3 is 0 Å². The Morgan fingerprint density at radius 3 is 2.04 bits per heavy atom. The lowest BCUT2D eigenvalue weighted by Gasteiger charge is -2.19. The number of sulfonamides is 2. The van der Waals surface area contributed by atoms with Crippen molar-refractivity contribution in [2.24, 2.45) is 0 Å². The van der Waals surface area contributed by atoms with E-state index in [1.807, 2.05) is 6.07 Å². The molecule has 0 atom stereocenters. The first-order chi connectivity index (χ1) is 12.7. The van der Waals surface area contributed by atoms with Crippen molar-refractivity contribution in [1.82, 2.24) is 4.31 Å². The van der Waals surface area contributed by atoms with Crippen LogP contribution >= 0.6 is 0 Å². The van der Waals surface area contributed by atoms with Gasteiger partial charge in [-0.1, -0.05) is 19.9 Å². The third-order valence-corrected chi connectivity index (χ3v) is 7.52. The average Bonchev–Trinajstić information content (AvgIpc) is 2.64. The highest BCUT2D eigenvalue weighted by Crippen LogP contribution is 2.25. The predicted molar refractivity (Wildman–Crippen MR) is 103 cm³/mol. The minimum Gasteiger partial charge on any atom is -0.279 e. The van der Waals surface area contributed by atoms with Gasteiger partial charge in [-0.15, -0.1) is 0 Å². The summed E-state index contributed by atoms with van der Waals surface area (Å²) in [6.45, 7) is 5.80. The molecule has 9 heteroatoms. The van der Waals surface area contributed by atoms with Crippen LogP contribution in [0.3, 0.4) is 0 Å². The van der Waals surface area contributed by atoms with E-state index in [0.717, 1.165) is 0 Å². The Morgan fingerprint density at radius 2 is 1.52 bits per heavy atom. The molecular formula is C18H21N3O4S2. The zero-order valence-electron chi connectivity index (χ0n) is 15.3. The van der Waals surface area contributed by atoms with Gasteiger partial charge in [0.2, 0.25) is 10.0 Å². The third kappa shape index (κ3) is 4.47. The van der Waals surface area contributed by atoms with Crippen molar-refractivity contribution in [3.63, 3.8) is 0 Å². The number of aryl methyl sites for hydroxylation is 1. The molecule has 1 N–H and O–H groups in total. The lowest BCUT2D eigenvalue weighted by Crippen LogP contribution is -2.30. The molecule has 0 unspecified atom stereocenters. The topological polar surface area (TPSA) is 107 Å². The number of nitrogens with zero attached hydrogens (tertiary/aromatic N) is 2. The van der Waals surface area contributed by atoms with Crippen molar-refractivity contribution < 1.29 is 16.8 Å². The average molecular weight is 408 g/mol. The van der Waals surface area contributed by atoms with Crippen molar-refractivity contribution in [2.75, 3.05) is 17.8 Å². The monoisotopic (exact) mass is 407 g/mol. The first kappa shape index (κ1) is 20.9. The first-order valence-corrected chi connectivity index (χ1v) is 11.2. The van der Waals surface area contributed by atoms with E-state index in [0.29, 0.717) is 24.2 Å². The van der Waals surface area contributed by atoms with E-state index < -0.39 is 20.0 Å². The summed E-state index contributed by atoms with van der Waals surface area (Å²) < 4.78 is 54.3. The Hall–Kier alpha value is -2.41. The van der Waals surface area contributed by atoms with E-state index in [2.05, 4.69) is 4.72 Å². The maximum Gasteiger partial charge on any atom is 0.261 e. The van der Waals surface area contributed by atoms with Crippen LogP contribution in [0.25, 0.3) is 0 Å². The Kier molecular flexibility index (Phi) is 6.26. The molecular weight excluding hydrogens is 386 g/mol. The van der Waals surface area contributed by atoms with Crippen LogP contribution in [-0.2, 0) is 20.0 Å². The fourth-order valence-corrected chi connectivity index (χ4v) is 5.10. The van der Waals surface area contributed by atoms with Gasteiger partial charge in [0.05, 0.1) is 27.1 Å². The molecule has 7 nitrogen and oxygen atoms in total. The highest BCUT2D eigenvalue weighted by atomic mass is 32.2. The van der Waals surface area contributed by atoms with E-state index in [1.54, 1.807) is 26.8 Å². The summed E-state index contributed by atoms with van der Waals surface area (Å²) >= 11 is 0. The summed E-state index contributed by atoms with van der Waals surface area (Å²) in [6.07, 6.45) is 0. The maximum absolute atomic E-state index is 12.7. The van der Waals surface area contributed by atoms with Crippen molar-refractivity contribution in [3.05, 3.63) is 53.6 Å². The Morgan fingerprint density at radius 1 is 0.963 bits per heavy atom. The van der Waals surface area contributed by atoms with Gasteiger partial charge in [-0.05, 0) is 48.9 Å². The highest BCUT2D eigenvalue weighted by Gasteiger charge is 2.23. The second-order valence-corrected chi connectivity index (χ2v) is 9.43. The molecule has 0 aliphatic heterocycles. The third-order valence-electron chi connectivity index (χ3n) is 4.09. The SMILES string of the molecule is CCN(CC)S(=O)(=O)c1ccc(C)c(NS(=O)(=O)c2ccc(C#N)cc2)c1. The van der Waals surface area contributed by atoms with Crippen LogP contribution in [0.15, 0.2) is 52.3 Å². The zero-order chi connectivity index (χ0) is 20.2. The molecule has 2 aromatic rings. The van der Waals surface area contributed by atoms with E-state index in [9.17, 15) is 16.8 Å². The van der Waals surface area contributed by atoms with Gasteiger partial charge in [0.25, 0.3) is 10.0 Å². The Balaban J connectivity index is 2.43. The first-order valence-electron chi connectivity index (χ1n) is 8.29. The summed E-state index contributed by atoms with van der Waals surface area (Å²) in [5.41, 5.74) is 1.12. The fourth-order valence-electron chi connectivity index (χ4n) is 2.50. The molecule has 0 bridgehead atoms. The van der Waals surface area contributed by atoms with E-state index in [-0.39, 0.29) is 15.5 Å². The second-order valence-electron chi connectivity index (χ2n) is 5.81. The number of rotatable bonds is 7. The molecule has 0 aliphatic rings. The Labute approximate surface area is 160 Å². The molecule has 0 saturated carbocycles. The fraction of sp³-hybridized carbons (Fsp3) is 0.278. The molecule has 0 radical (unpaired) electrons. The van der Waals surface area contributed by atoms with Crippen molar-refractivity contribution in [2.45, 2.75) is 30.6 Å². The quantitative estimate of drug-likeness (QED) is 0.759. The molecule has 0 aliphatic carbocycles. The Bertz CT molecular complexity index is 1070. The molecule has 27 heavy (non-hydrogen) atoms. The summed E-state index contributed by atoms with van der Waals surface area (Å²) in [4.78, 5) is 0.00670. The molecule has 0 fully saturated rings. The van der Waals surface area contributed by atoms with Gasteiger partial charge in [-0.2, -0.15) is 9.57 Å². The smallest absolute Gasteiger partial charge is 0.261 e. The normalized spacial score (nSPS) is 12.0. The number of nitriles is 1. The number of nitrogens with one attached hydrogen (secondary N) is 1. The standard InChI is InChI=1S/C18H21N3O4S2/c1-4-21(5-2)27(24,25)17-9-6-14(3)18(12-17)20-26(22,23)16-10-7-15(13-19)8-11-16/h6-12,20H,4-5H2,1-3H3. The summed E-state index contributed by atoms with van der Waals surface area (Å²) in [5, 5.41) is 8.82. The van der Waals surface area contributed by atoms with Crippen molar-refractivity contribution in [1.29, 1.82) is 5.26 Å². The largest absolute Gasteiger partial charge is 0.279 e. The van der Waals surface area contributed by atoms with E-state index in [1.165, 1.54) is 40.7 Å². The molecule has 2 aromatic carbocycles. The minimum absolute atomic E-state index is 0.0158. The van der Waals surface area contributed by atoms with Gasteiger partial charge in [-0.3, -0.25) is 4.72 Å². The lowest BCUT2D eigenvalue weighted by atomic mass is 10.2. The molecule has 0 spiro atoms. The number of benzene rings is 2. The molecule has 144 valence electrons. The maximum atomic E-state index is 12.7. The van der Waals surface area contributed by atoms with Gasteiger partial charge in [0, 0.05) is 13.1 Å². The van der Waals surface area contributed by atoms with Crippen LogP contribution in [0.1, 0.15) is 25.0 Å². The van der Waals surface area contributed by atoms with Crippen LogP contribution in [0.5, 0.6) is 0 Å². The molecule has 0 saturated heterocycles. The van der Waals surface area contributed by atoms with Gasteiger partial charge < -0.3 is 0 Å². The summed E-state index contributed by atoms with van der Waals surface area (Å²) in [5.74, 6) is 0. The highest BCUT2D eigenvalue weighted by molar-refractivity contribution is 7.92. The van der Waals surface area contributed by atoms with Crippen LogP contribution in [0.2, 0.25) is 0 Å². The summed E-state index contributed by atoms with van der Waals surface area (Å²) in [7, 11) is -7.63. The van der Waals surface area contributed by atoms with Gasteiger partial charge in [0.15, 0.2) is 0 Å². The lowest BCUT2D eigenvalue weighted by molar-refractivity contribution is 0.445. The molecule has 0 amide bonds. The van der Waals surface area contributed by atoms with Crippen LogP contribution < -0.4 is 4.72 Å². The van der Waals surface area contributed by atoms with Crippen molar-refractivity contribution in [3.8, 4) is 6.07 Å². The molecule has 0 heterocycles. The van der Waals surface area contributed by atoms with Crippen LogP contribution in [-0.4, -0.2) is 34.2 Å². The van der Waals surface area contributed by atoms with Crippen LogP contribution in [0, 0.1) is 18.3 Å². The number of hydrogen-bond donors (Lipinski definition) is 1. The summed E-state index contributed by atoms with van der Waals surface area (Å²) in [6, 6.07) is 11.7. The van der Waals surface area contributed by atoms with Crippen molar-refractivity contribution >= 4 is 25.7 Å². The van der Waals surface area contributed by atoms with E-state index in [4.69, 9.17) is 5.26 Å². The minimum atomic E-state index is -3.92. The number of anilines is 1. The molecule has 2 rings (SSSR count). The number of hydrogen-bond acceptors (Lipinski definition) is 5.